The van der Waals surface area contributed by atoms with Crippen molar-refractivity contribution in [2.45, 2.75) is 18.9 Å². The molecule has 74 valence electrons. The first kappa shape index (κ1) is 8.80. The van der Waals surface area contributed by atoms with E-state index in [2.05, 4.69) is 0 Å². The van der Waals surface area contributed by atoms with Gasteiger partial charge in [0.05, 0.1) is 0 Å². The fourth-order valence-electron chi connectivity index (χ4n) is 1.34. The summed E-state index contributed by atoms with van der Waals surface area (Å²) in [6.07, 6.45) is 2.99. The van der Waals surface area contributed by atoms with Crippen LogP contribution < -0.4 is 5.56 Å². The number of aromatic nitrogens is 1. The molecule has 0 radical (unpaired) electrons. The zero-order chi connectivity index (χ0) is 10.3. The third-order valence-electron chi connectivity index (χ3n) is 2.23. The van der Waals surface area contributed by atoms with Gasteiger partial charge in [0.15, 0.2) is 0 Å². The fourth-order valence-corrected chi connectivity index (χ4v) is 1.34. The molecule has 0 unspecified atom stereocenters. The van der Waals surface area contributed by atoms with Gasteiger partial charge in [0, 0.05) is 18.3 Å². The third kappa shape index (κ3) is 1.37. The molecule has 2 rings (SSSR count). The molecule has 1 aliphatic carbocycles. The number of hydrogen-bond acceptors (Lipinski definition) is 3. The highest BCUT2D eigenvalue weighted by molar-refractivity contribution is 5.90. The summed E-state index contributed by atoms with van der Waals surface area (Å²) in [4.78, 5) is 22.0. The predicted octanol–water partition coefficient (Wildman–Crippen LogP) is 0.587. The van der Waals surface area contributed by atoms with Gasteiger partial charge in [-0.05, 0) is 12.8 Å². The first-order valence-corrected chi connectivity index (χ1v) is 4.28. The maximum atomic E-state index is 11.3. The monoisotopic (exact) mass is 195 g/mol. The van der Waals surface area contributed by atoms with E-state index in [1.807, 2.05) is 0 Å². The third-order valence-corrected chi connectivity index (χ3v) is 2.23. The Labute approximate surface area is 79.2 Å². The quantitative estimate of drug-likeness (QED) is 0.723. The van der Waals surface area contributed by atoms with Gasteiger partial charge in [0.25, 0.3) is 5.56 Å². The zero-order valence-corrected chi connectivity index (χ0v) is 7.30. The van der Waals surface area contributed by atoms with E-state index in [-0.39, 0.29) is 17.2 Å². The second kappa shape index (κ2) is 2.87. The number of nitrogens with zero attached hydrogens (tertiary/aromatic N) is 1. The Kier molecular flexibility index (Phi) is 1.80. The van der Waals surface area contributed by atoms with Gasteiger partial charge in [0.1, 0.15) is 11.3 Å². The van der Waals surface area contributed by atoms with E-state index in [1.165, 1.54) is 10.8 Å². The van der Waals surface area contributed by atoms with Gasteiger partial charge in [-0.25, -0.2) is 4.79 Å². The minimum absolute atomic E-state index is 0.112. The summed E-state index contributed by atoms with van der Waals surface area (Å²) < 4.78 is 1.36. The van der Waals surface area contributed by atoms with Gasteiger partial charge in [-0.3, -0.25) is 4.79 Å². The fraction of sp³-hybridized carbons (Fsp3) is 0.333. The molecule has 5 heteroatoms. The predicted molar refractivity (Wildman–Crippen MR) is 47.6 cm³/mol. The Hall–Kier alpha value is -1.78. The lowest BCUT2D eigenvalue weighted by molar-refractivity contribution is 0.0692. The molecule has 0 amide bonds. The van der Waals surface area contributed by atoms with Crippen molar-refractivity contribution in [3.05, 3.63) is 28.2 Å². The highest BCUT2D eigenvalue weighted by Crippen LogP contribution is 2.34. The molecule has 5 nitrogen and oxygen atoms in total. The summed E-state index contributed by atoms with van der Waals surface area (Å²) in [5.74, 6) is -1.70. The van der Waals surface area contributed by atoms with Crippen LogP contribution in [-0.4, -0.2) is 20.7 Å². The van der Waals surface area contributed by atoms with Crippen LogP contribution in [0.1, 0.15) is 29.2 Å². The molecule has 0 saturated heterocycles. The van der Waals surface area contributed by atoms with Gasteiger partial charge >= 0.3 is 5.97 Å². The molecule has 1 aromatic rings. The van der Waals surface area contributed by atoms with Gasteiger partial charge < -0.3 is 14.8 Å². The first-order chi connectivity index (χ1) is 6.59. The molecule has 1 aromatic heterocycles. The lowest BCUT2D eigenvalue weighted by Crippen LogP contribution is -2.19. The van der Waals surface area contributed by atoms with Crippen molar-refractivity contribution >= 4 is 5.97 Å². The lowest BCUT2D eigenvalue weighted by atomic mass is 10.2. The van der Waals surface area contributed by atoms with Crippen LogP contribution in [0.3, 0.4) is 0 Å². The van der Waals surface area contributed by atoms with E-state index >= 15 is 0 Å². The van der Waals surface area contributed by atoms with E-state index < -0.39 is 11.7 Å². The van der Waals surface area contributed by atoms with Crippen molar-refractivity contribution in [2.24, 2.45) is 0 Å². The van der Waals surface area contributed by atoms with Crippen LogP contribution in [0.4, 0.5) is 0 Å². The molecule has 14 heavy (non-hydrogen) atoms. The average Bonchev–Trinajstić information content (AvgIpc) is 2.86. The number of rotatable bonds is 2. The minimum atomic E-state index is -1.23. The van der Waals surface area contributed by atoms with Crippen molar-refractivity contribution in [1.29, 1.82) is 0 Å². The summed E-state index contributed by atoms with van der Waals surface area (Å²) in [7, 11) is 0. The minimum Gasteiger partial charge on any atom is -0.507 e. The Bertz CT molecular complexity index is 445. The normalized spacial score (nSPS) is 15.4. The maximum absolute atomic E-state index is 11.3. The summed E-state index contributed by atoms with van der Waals surface area (Å²) in [5.41, 5.74) is -0.577. The summed E-state index contributed by atoms with van der Waals surface area (Å²) in [6, 6.07) is 1.06. The summed E-state index contributed by atoms with van der Waals surface area (Å²) in [5, 5.41) is 17.9. The van der Waals surface area contributed by atoms with E-state index in [0.717, 1.165) is 18.9 Å². The van der Waals surface area contributed by atoms with E-state index in [1.54, 1.807) is 0 Å². The highest BCUT2D eigenvalue weighted by atomic mass is 16.4. The standard InChI is InChI=1S/C9H9NO4/c11-7-3-8(12)10(5-1-2-5)4-6(7)9(13)14/h3-5,11H,1-2H2,(H,13,14). The molecule has 1 fully saturated rings. The van der Waals surface area contributed by atoms with Crippen molar-refractivity contribution in [1.82, 2.24) is 4.57 Å². The largest absolute Gasteiger partial charge is 0.507 e. The Morgan fingerprint density at radius 1 is 1.50 bits per heavy atom. The van der Waals surface area contributed by atoms with Gasteiger partial charge in [-0.15, -0.1) is 0 Å². The van der Waals surface area contributed by atoms with E-state index in [9.17, 15) is 14.7 Å². The Morgan fingerprint density at radius 2 is 2.14 bits per heavy atom. The van der Waals surface area contributed by atoms with Gasteiger partial charge in [-0.2, -0.15) is 0 Å². The lowest BCUT2D eigenvalue weighted by Gasteiger charge is -2.05. The molecule has 1 saturated carbocycles. The van der Waals surface area contributed by atoms with Crippen LogP contribution in [0.15, 0.2) is 17.1 Å². The maximum Gasteiger partial charge on any atom is 0.340 e. The van der Waals surface area contributed by atoms with Crippen molar-refractivity contribution in [3.63, 3.8) is 0 Å². The van der Waals surface area contributed by atoms with Crippen LogP contribution in [0.25, 0.3) is 0 Å². The van der Waals surface area contributed by atoms with Crippen LogP contribution in [0.5, 0.6) is 5.75 Å². The number of hydrogen-bond donors (Lipinski definition) is 2. The van der Waals surface area contributed by atoms with E-state index in [4.69, 9.17) is 5.11 Å². The first-order valence-electron chi connectivity index (χ1n) is 4.28. The molecular formula is C9H9NO4. The molecule has 1 aliphatic rings. The van der Waals surface area contributed by atoms with Gasteiger partial charge in [0.2, 0.25) is 0 Å². The topological polar surface area (TPSA) is 79.5 Å². The van der Waals surface area contributed by atoms with Crippen LogP contribution in [-0.2, 0) is 0 Å². The second-order valence-electron chi connectivity index (χ2n) is 3.35. The van der Waals surface area contributed by atoms with Crippen molar-refractivity contribution in [3.8, 4) is 5.75 Å². The molecule has 0 aliphatic heterocycles. The summed E-state index contributed by atoms with van der Waals surface area (Å²) >= 11 is 0. The Morgan fingerprint density at radius 3 is 2.64 bits per heavy atom. The number of aromatic carboxylic acids is 1. The molecule has 0 spiro atoms. The van der Waals surface area contributed by atoms with Crippen LogP contribution in [0, 0.1) is 0 Å². The average molecular weight is 195 g/mol. The number of carbonyl (C=O) groups is 1. The SMILES string of the molecule is O=C(O)c1cn(C2CC2)c(=O)cc1O. The highest BCUT2D eigenvalue weighted by Gasteiger charge is 2.26. The number of carboxylic acids is 1. The molecule has 0 aromatic carbocycles. The molecule has 0 bridgehead atoms. The van der Waals surface area contributed by atoms with Crippen LogP contribution in [0.2, 0.25) is 0 Å². The van der Waals surface area contributed by atoms with Crippen LogP contribution >= 0.6 is 0 Å². The Balaban J connectivity index is 2.57. The molecule has 1 heterocycles. The van der Waals surface area contributed by atoms with E-state index in [0.29, 0.717) is 0 Å². The zero-order valence-electron chi connectivity index (χ0n) is 7.30. The second-order valence-corrected chi connectivity index (χ2v) is 3.35. The molecule has 2 N–H and O–H groups in total. The smallest absolute Gasteiger partial charge is 0.340 e. The van der Waals surface area contributed by atoms with Crippen molar-refractivity contribution in [2.75, 3.05) is 0 Å². The number of pyridine rings is 1. The summed E-state index contributed by atoms with van der Waals surface area (Å²) in [6.45, 7) is 0. The van der Waals surface area contributed by atoms with Gasteiger partial charge in [-0.1, -0.05) is 0 Å². The number of carboxylic acid groups (broad SMARTS) is 1. The number of aromatic hydroxyl groups is 1. The molecular weight excluding hydrogens is 186 g/mol. The molecule has 0 atom stereocenters. The van der Waals surface area contributed by atoms with Crippen molar-refractivity contribution < 1.29 is 15.0 Å².